The van der Waals surface area contributed by atoms with Crippen LogP contribution in [0, 0.1) is 0 Å². The molecule has 0 amide bonds. The molecule has 0 atom stereocenters. The highest BCUT2D eigenvalue weighted by molar-refractivity contribution is 5.55. The largest absolute Gasteiger partial charge is 0.493 e. The van der Waals surface area contributed by atoms with Gasteiger partial charge in [0, 0.05) is 17.8 Å². The van der Waals surface area contributed by atoms with Crippen LogP contribution in [0.5, 0.6) is 11.5 Å². The first-order valence-electron chi connectivity index (χ1n) is 6.39. The average Bonchev–Trinajstić information content (AvgIpc) is 2.41. The van der Waals surface area contributed by atoms with E-state index in [1.807, 2.05) is 18.2 Å². The van der Waals surface area contributed by atoms with E-state index in [4.69, 9.17) is 9.47 Å². The molecular weight excluding hydrogens is 230 g/mol. The van der Waals surface area contributed by atoms with Crippen molar-refractivity contribution >= 4 is 5.69 Å². The molecule has 1 aromatic carbocycles. The molecule has 18 heavy (non-hydrogen) atoms. The van der Waals surface area contributed by atoms with E-state index < -0.39 is 0 Å². The Morgan fingerprint density at radius 3 is 2.33 bits per heavy atom. The normalized spacial score (nSPS) is 23.5. The van der Waals surface area contributed by atoms with Crippen molar-refractivity contribution in [2.24, 2.45) is 0 Å². The summed E-state index contributed by atoms with van der Waals surface area (Å²) in [5.74, 6) is 1.47. The third-order valence-electron chi connectivity index (χ3n) is 3.45. The van der Waals surface area contributed by atoms with Crippen molar-refractivity contribution in [3.05, 3.63) is 18.2 Å². The fourth-order valence-corrected chi connectivity index (χ4v) is 2.38. The Kier molecular flexibility index (Phi) is 4.31. The van der Waals surface area contributed by atoms with Gasteiger partial charge in [0.1, 0.15) is 0 Å². The predicted molar refractivity (Wildman–Crippen MR) is 71.4 cm³/mol. The predicted octanol–water partition coefficient (Wildman–Crippen LogP) is 2.42. The second-order valence-electron chi connectivity index (χ2n) is 4.72. The summed E-state index contributed by atoms with van der Waals surface area (Å²) < 4.78 is 10.5. The molecule has 1 aliphatic rings. The molecular formula is C14H21NO3. The number of nitrogens with one attached hydrogen (secondary N) is 1. The van der Waals surface area contributed by atoms with E-state index in [2.05, 4.69) is 5.32 Å². The minimum atomic E-state index is -0.117. The lowest BCUT2D eigenvalue weighted by atomic mass is 9.93. The standard InChI is InChI=1S/C14H21NO3/c1-17-13-8-5-11(9-14(13)18-2)15-10-3-6-12(16)7-4-10/h5,8-10,12,15-16H,3-4,6-7H2,1-2H3. The Hall–Kier alpha value is -1.42. The molecule has 4 heteroatoms. The molecule has 0 spiro atoms. The minimum absolute atomic E-state index is 0.117. The second-order valence-corrected chi connectivity index (χ2v) is 4.72. The van der Waals surface area contributed by atoms with Crippen LogP contribution in [0.2, 0.25) is 0 Å². The van der Waals surface area contributed by atoms with Gasteiger partial charge in [0.2, 0.25) is 0 Å². The number of benzene rings is 1. The van der Waals surface area contributed by atoms with Crippen LogP contribution in [0.15, 0.2) is 18.2 Å². The second kappa shape index (κ2) is 5.96. The zero-order valence-corrected chi connectivity index (χ0v) is 11.0. The number of hydrogen-bond donors (Lipinski definition) is 2. The number of hydrogen-bond acceptors (Lipinski definition) is 4. The third kappa shape index (κ3) is 3.07. The van der Waals surface area contributed by atoms with Gasteiger partial charge in [-0.25, -0.2) is 0 Å². The molecule has 1 saturated carbocycles. The van der Waals surface area contributed by atoms with Crippen LogP contribution in [-0.4, -0.2) is 31.5 Å². The number of methoxy groups -OCH3 is 2. The van der Waals surface area contributed by atoms with E-state index in [-0.39, 0.29) is 6.10 Å². The molecule has 4 nitrogen and oxygen atoms in total. The van der Waals surface area contributed by atoms with E-state index in [9.17, 15) is 5.11 Å². The van der Waals surface area contributed by atoms with Crippen LogP contribution in [0.4, 0.5) is 5.69 Å². The molecule has 2 N–H and O–H groups in total. The van der Waals surface area contributed by atoms with E-state index in [0.29, 0.717) is 6.04 Å². The zero-order chi connectivity index (χ0) is 13.0. The lowest BCUT2D eigenvalue weighted by molar-refractivity contribution is 0.126. The fourth-order valence-electron chi connectivity index (χ4n) is 2.38. The maximum Gasteiger partial charge on any atom is 0.162 e. The molecule has 0 saturated heterocycles. The van der Waals surface area contributed by atoms with Crippen molar-refractivity contribution in [2.75, 3.05) is 19.5 Å². The van der Waals surface area contributed by atoms with Crippen LogP contribution in [0.1, 0.15) is 25.7 Å². The summed E-state index contributed by atoms with van der Waals surface area (Å²) in [6.45, 7) is 0. The van der Waals surface area contributed by atoms with E-state index in [1.54, 1.807) is 14.2 Å². The summed E-state index contributed by atoms with van der Waals surface area (Å²) in [4.78, 5) is 0. The molecule has 1 aliphatic carbocycles. The van der Waals surface area contributed by atoms with E-state index in [1.165, 1.54) is 0 Å². The average molecular weight is 251 g/mol. The molecule has 0 heterocycles. The fraction of sp³-hybridized carbons (Fsp3) is 0.571. The summed E-state index contributed by atoms with van der Waals surface area (Å²) in [5.41, 5.74) is 1.04. The first kappa shape index (κ1) is 13.0. The van der Waals surface area contributed by atoms with Crippen LogP contribution in [-0.2, 0) is 0 Å². The number of aliphatic hydroxyl groups is 1. The molecule has 1 fully saturated rings. The third-order valence-corrected chi connectivity index (χ3v) is 3.45. The minimum Gasteiger partial charge on any atom is -0.493 e. The monoisotopic (exact) mass is 251 g/mol. The van der Waals surface area contributed by atoms with Gasteiger partial charge in [0.05, 0.1) is 20.3 Å². The van der Waals surface area contributed by atoms with Crippen LogP contribution >= 0.6 is 0 Å². The van der Waals surface area contributed by atoms with Gasteiger partial charge in [0.25, 0.3) is 0 Å². The first-order chi connectivity index (χ1) is 8.72. The van der Waals surface area contributed by atoms with E-state index >= 15 is 0 Å². The summed E-state index contributed by atoms with van der Waals surface area (Å²) in [7, 11) is 3.27. The van der Waals surface area contributed by atoms with Gasteiger partial charge in [-0.3, -0.25) is 0 Å². The van der Waals surface area contributed by atoms with Gasteiger partial charge in [-0.05, 0) is 37.8 Å². The lowest BCUT2D eigenvalue weighted by Crippen LogP contribution is -2.28. The van der Waals surface area contributed by atoms with Crippen molar-refractivity contribution in [1.29, 1.82) is 0 Å². The van der Waals surface area contributed by atoms with Crippen LogP contribution < -0.4 is 14.8 Å². The Balaban J connectivity index is 2.01. The van der Waals surface area contributed by atoms with Crippen molar-refractivity contribution in [2.45, 2.75) is 37.8 Å². The van der Waals surface area contributed by atoms with Gasteiger partial charge in [-0.2, -0.15) is 0 Å². The van der Waals surface area contributed by atoms with Gasteiger partial charge >= 0.3 is 0 Å². The van der Waals surface area contributed by atoms with Crippen molar-refractivity contribution < 1.29 is 14.6 Å². The Bertz CT molecular complexity index is 387. The molecule has 100 valence electrons. The first-order valence-corrected chi connectivity index (χ1v) is 6.39. The van der Waals surface area contributed by atoms with E-state index in [0.717, 1.165) is 42.9 Å². The maximum absolute atomic E-state index is 9.48. The summed E-state index contributed by atoms with van der Waals surface area (Å²) >= 11 is 0. The highest BCUT2D eigenvalue weighted by Gasteiger charge is 2.19. The molecule has 0 bridgehead atoms. The quantitative estimate of drug-likeness (QED) is 0.863. The Morgan fingerprint density at radius 1 is 1.06 bits per heavy atom. The number of aliphatic hydroxyl groups excluding tert-OH is 1. The zero-order valence-electron chi connectivity index (χ0n) is 11.0. The van der Waals surface area contributed by atoms with Crippen molar-refractivity contribution in [3.8, 4) is 11.5 Å². The molecule has 0 aromatic heterocycles. The van der Waals surface area contributed by atoms with Gasteiger partial charge in [0.15, 0.2) is 11.5 Å². The van der Waals surface area contributed by atoms with Gasteiger partial charge in [-0.1, -0.05) is 0 Å². The molecule has 0 radical (unpaired) electrons. The SMILES string of the molecule is COc1ccc(NC2CCC(O)CC2)cc1OC. The number of rotatable bonds is 4. The molecule has 1 aromatic rings. The number of anilines is 1. The topological polar surface area (TPSA) is 50.7 Å². The van der Waals surface area contributed by atoms with Crippen LogP contribution in [0.3, 0.4) is 0 Å². The molecule has 0 aliphatic heterocycles. The number of ether oxygens (including phenoxy) is 2. The lowest BCUT2D eigenvalue weighted by Gasteiger charge is -2.27. The highest BCUT2D eigenvalue weighted by atomic mass is 16.5. The van der Waals surface area contributed by atoms with Gasteiger partial charge in [-0.15, -0.1) is 0 Å². The van der Waals surface area contributed by atoms with Crippen molar-refractivity contribution in [3.63, 3.8) is 0 Å². The summed E-state index contributed by atoms with van der Waals surface area (Å²) in [6, 6.07) is 6.28. The molecule has 2 rings (SSSR count). The smallest absolute Gasteiger partial charge is 0.162 e. The summed E-state index contributed by atoms with van der Waals surface area (Å²) in [5, 5.41) is 13.0. The Labute approximate surface area is 108 Å². The van der Waals surface area contributed by atoms with Gasteiger partial charge < -0.3 is 19.9 Å². The van der Waals surface area contributed by atoms with Crippen LogP contribution in [0.25, 0.3) is 0 Å². The van der Waals surface area contributed by atoms with Crippen molar-refractivity contribution in [1.82, 2.24) is 0 Å². The maximum atomic E-state index is 9.48. The Morgan fingerprint density at radius 2 is 1.72 bits per heavy atom. The molecule has 0 unspecified atom stereocenters. The summed E-state index contributed by atoms with van der Waals surface area (Å²) in [6.07, 6.45) is 3.66. The highest BCUT2D eigenvalue weighted by Crippen LogP contribution is 2.31.